The fourth-order valence-corrected chi connectivity index (χ4v) is 1.31. The second-order valence-electron chi connectivity index (χ2n) is 3.53. The molecule has 0 aliphatic heterocycles. The van der Waals surface area contributed by atoms with Gasteiger partial charge in [-0.15, -0.1) is 0 Å². The van der Waals surface area contributed by atoms with Gasteiger partial charge in [-0.3, -0.25) is 4.79 Å². The molecule has 1 aromatic carbocycles. The summed E-state index contributed by atoms with van der Waals surface area (Å²) in [5.41, 5.74) is 0.535. The van der Waals surface area contributed by atoms with E-state index in [1.807, 2.05) is 13.0 Å². The van der Waals surface area contributed by atoms with Gasteiger partial charge >= 0.3 is 0 Å². The maximum atomic E-state index is 11.7. The third-order valence-electron chi connectivity index (χ3n) is 2.32. The van der Waals surface area contributed by atoms with Gasteiger partial charge < -0.3 is 9.84 Å². The number of benzene rings is 1. The van der Waals surface area contributed by atoms with Crippen molar-refractivity contribution in [1.82, 2.24) is 0 Å². The summed E-state index contributed by atoms with van der Waals surface area (Å²) in [6.07, 6.45) is -0.778. The Morgan fingerprint density at radius 3 is 2.53 bits per heavy atom. The number of ether oxygens (including phenoxy) is 1. The third-order valence-corrected chi connectivity index (χ3v) is 2.32. The van der Waals surface area contributed by atoms with Gasteiger partial charge in [0.05, 0.1) is 6.10 Å². The average molecular weight is 208 g/mol. The highest BCUT2D eigenvalue weighted by Gasteiger charge is 2.19. The molecule has 0 saturated heterocycles. The maximum Gasteiger partial charge on any atom is 0.191 e. The Balaban J connectivity index is 2.61. The van der Waals surface area contributed by atoms with E-state index in [2.05, 4.69) is 0 Å². The lowest BCUT2D eigenvalue weighted by Gasteiger charge is -2.14. The first-order valence-electron chi connectivity index (χ1n) is 4.95. The molecule has 2 unspecified atom stereocenters. The van der Waals surface area contributed by atoms with Crippen molar-refractivity contribution in [3.8, 4) is 0 Å². The zero-order valence-corrected chi connectivity index (χ0v) is 9.01. The number of rotatable bonds is 5. The Labute approximate surface area is 89.7 Å². The van der Waals surface area contributed by atoms with E-state index < -0.39 is 6.10 Å². The first kappa shape index (κ1) is 11.9. The molecule has 0 saturated carbocycles. The standard InChI is InChI=1S/C12H16O3/c1-9(15-2)8-11(13)12(14)10-6-4-3-5-7-10/h3-7,9,11,13H,8H2,1-2H3. The molecular weight excluding hydrogens is 192 g/mol. The first-order chi connectivity index (χ1) is 7.15. The minimum Gasteiger partial charge on any atom is -0.385 e. The summed E-state index contributed by atoms with van der Waals surface area (Å²) in [6.45, 7) is 1.82. The third kappa shape index (κ3) is 3.46. The molecular formula is C12H16O3. The van der Waals surface area contributed by atoms with E-state index in [-0.39, 0.29) is 11.9 Å². The molecule has 1 aromatic rings. The quantitative estimate of drug-likeness (QED) is 0.748. The molecule has 15 heavy (non-hydrogen) atoms. The molecule has 1 rings (SSSR count). The Morgan fingerprint density at radius 2 is 2.00 bits per heavy atom. The van der Waals surface area contributed by atoms with Crippen molar-refractivity contribution >= 4 is 5.78 Å². The van der Waals surface area contributed by atoms with Crippen molar-refractivity contribution in [3.63, 3.8) is 0 Å². The van der Waals surface area contributed by atoms with Crippen LogP contribution in [0.1, 0.15) is 23.7 Å². The zero-order valence-electron chi connectivity index (χ0n) is 9.01. The van der Waals surface area contributed by atoms with Crippen LogP contribution < -0.4 is 0 Å². The number of carbonyl (C=O) groups excluding carboxylic acids is 1. The molecule has 0 aliphatic rings. The minimum absolute atomic E-state index is 0.118. The van der Waals surface area contributed by atoms with Crippen LogP contribution in [0.25, 0.3) is 0 Å². The van der Waals surface area contributed by atoms with E-state index in [0.29, 0.717) is 12.0 Å². The molecule has 3 nitrogen and oxygen atoms in total. The van der Waals surface area contributed by atoms with Crippen molar-refractivity contribution in [2.24, 2.45) is 0 Å². The topological polar surface area (TPSA) is 46.5 Å². The molecule has 0 fully saturated rings. The number of carbonyl (C=O) groups is 1. The largest absolute Gasteiger partial charge is 0.385 e. The fourth-order valence-electron chi connectivity index (χ4n) is 1.31. The molecule has 0 spiro atoms. The molecule has 0 radical (unpaired) electrons. The molecule has 0 bridgehead atoms. The lowest BCUT2D eigenvalue weighted by Crippen LogP contribution is -2.25. The minimum atomic E-state index is -0.984. The predicted octanol–water partition coefficient (Wildman–Crippen LogP) is 1.66. The van der Waals surface area contributed by atoms with Gasteiger partial charge in [0.1, 0.15) is 6.10 Å². The molecule has 3 heteroatoms. The van der Waals surface area contributed by atoms with E-state index in [1.165, 1.54) is 0 Å². The number of Topliss-reactive ketones (excluding diaryl/α,β-unsaturated/α-hetero) is 1. The molecule has 0 amide bonds. The Hall–Kier alpha value is -1.19. The first-order valence-corrected chi connectivity index (χ1v) is 4.95. The van der Waals surface area contributed by atoms with Gasteiger partial charge in [-0.1, -0.05) is 30.3 Å². The summed E-state index contributed by atoms with van der Waals surface area (Å²) < 4.78 is 4.99. The van der Waals surface area contributed by atoms with Gasteiger partial charge in [0.2, 0.25) is 0 Å². The monoisotopic (exact) mass is 208 g/mol. The molecule has 0 aromatic heterocycles. The summed E-state index contributed by atoms with van der Waals surface area (Å²) in [6, 6.07) is 8.78. The smallest absolute Gasteiger partial charge is 0.191 e. The summed E-state index contributed by atoms with van der Waals surface area (Å²) in [7, 11) is 1.56. The van der Waals surface area contributed by atoms with E-state index in [9.17, 15) is 9.90 Å². The van der Waals surface area contributed by atoms with Gasteiger partial charge in [-0.05, 0) is 6.92 Å². The van der Waals surface area contributed by atoms with Crippen LogP contribution in [-0.2, 0) is 4.74 Å². The fraction of sp³-hybridized carbons (Fsp3) is 0.417. The van der Waals surface area contributed by atoms with Crippen LogP contribution in [-0.4, -0.2) is 30.2 Å². The van der Waals surface area contributed by atoms with Gasteiger partial charge in [0.25, 0.3) is 0 Å². The number of methoxy groups -OCH3 is 1. The summed E-state index contributed by atoms with van der Waals surface area (Å²) in [5.74, 6) is -0.250. The van der Waals surface area contributed by atoms with Gasteiger partial charge in [-0.25, -0.2) is 0 Å². The number of aliphatic hydroxyl groups is 1. The highest BCUT2D eigenvalue weighted by Crippen LogP contribution is 2.09. The molecule has 0 aliphatic carbocycles. The maximum absolute atomic E-state index is 11.7. The second-order valence-corrected chi connectivity index (χ2v) is 3.53. The summed E-state index contributed by atoms with van der Waals surface area (Å²) in [5, 5.41) is 9.64. The van der Waals surface area contributed by atoms with E-state index >= 15 is 0 Å². The Bertz CT molecular complexity index is 308. The summed E-state index contributed by atoms with van der Waals surface area (Å²) >= 11 is 0. The van der Waals surface area contributed by atoms with E-state index in [0.717, 1.165) is 0 Å². The van der Waals surface area contributed by atoms with Crippen molar-refractivity contribution in [2.45, 2.75) is 25.6 Å². The van der Waals surface area contributed by atoms with Crippen LogP contribution in [0.15, 0.2) is 30.3 Å². The van der Waals surface area contributed by atoms with Gasteiger partial charge in [0.15, 0.2) is 5.78 Å². The number of hydrogen-bond donors (Lipinski definition) is 1. The summed E-state index contributed by atoms with van der Waals surface area (Å²) in [4.78, 5) is 11.7. The number of aliphatic hydroxyl groups excluding tert-OH is 1. The normalized spacial score (nSPS) is 14.6. The second kappa shape index (κ2) is 5.63. The Morgan fingerprint density at radius 1 is 1.40 bits per heavy atom. The molecule has 1 N–H and O–H groups in total. The van der Waals surface area contributed by atoms with E-state index in [4.69, 9.17) is 4.74 Å². The highest BCUT2D eigenvalue weighted by atomic mass is 16.5. The number of hydrogen-bond acceptors (Lipinski definition) is 3. The van der Waals surface area contributed by atoms with Crippen LogP contribution in [0.5, 0.6) is 0 Å². The van der Waals surface area contributed by atoms with Crippen LogP contribution >= 0.6 is 0 Å². The van der Waals surface area contributed by atoms with Gasteiger partial charge in [-0.2, -0.15) is 0 Å². The van der Waals surface area contributed by atoms with Gasteiger partial charge in [0, 0.05) is 19.1 Å². The lowest BCUT2D eigenvalue weighted by molar-refractivity contribution is 0.0457. The highest BCUT2D eigenvalue weighted by molar-refractivity contribution is 5.99. The SMILES string of the molecule is COC(C)CC(O)C(=O)c1ccccc1. The van der Waals surface area contributed by atoms with Crippen LogP contribution in [0.3, 0.4) is 0 Å². The Kier molecular flexibility index (Phi) is 4.46. The van der Waals surface area contributed by atoms with E-state index in [1.54, 1.807) is 31.4 Å². The molecule has 82 valence electrons. The van der Waals surface area contributed by atoms with Crippen molar-refractivity contribution in [1.29, 1.82) is 0 Å². The van der Waals surface area contributed by atoms with Crippen LogP contribution in [0.4, 0.5) is 0 Å². The van der Waals surface area contributed by atoms with Crippen molar-refractivity contribution < 1.29 is 14.6 Å². The van der Waals surface area contributed by atoms with Crippen molar-refractivity contribution in [3.05, 3.63) is 35.9 Å². The van der Waals surface area contributed by atoms with Crippen LogP contribution in [0, 0.1) is 0 Å². The van der Waals surface area contributed by atoms with Crippen molar-refractivity contribution in [2.75, 3.05) is 7.11 Å². The molecule has 2 atom stereocenters. The van der Waals surface area contributed by atoms with Crippen LogP contribution in [0.2, 0.25) is 0 Å². The average Bonchev–Trinajstić information content (AvgIpc) is 2.29. The zero-order chi connectivity index (χ0) is 11.3. The predicted molar refractivity (Wildman–Crippen MR) is 57.9 cm³/mol. The lowest BCUT2D eigenvalue weighted by atomic mass is 10.0. The molecule has 0 heterocycles. The number of ketones is 1.